The molecule has 0 atom stereocenters. The highest BCUT2D eigenvalue weighted by Gasteiger charge is 2.14. The molecule has 1 heterocycles. The van der Waals surface area contributed by atoms with Crippen LogP contribution in [0.2, 0.25) is 5.02 Å². The first kappa shape index (κ1) is 27.3. The van der Waals surface area contributed by atoms with Crippen molar-refractivity contribution >= 4 is 50.3 Å². The van der Waals surface area contributed by atoms with Crippen LogP contribution in [0.1, 0.15) is 37.2 Å². The Balaban J connectivity index is 1.65. The molecule has 38 heavy (non-hydrogen) atoms. The van der Waals surface area contributed by atoms with E-state index >= 15 is 0 Å². The molecule has 0 unspecified atom stereocenters. The van der Waals surface area contributed by atoms with Gasteiger partial charge in [-0.15, -0.1) is 0 Å². The molecule has 0 bridgehead atoms. The topological polar surface area (TPSA) is 109 Å². The number of non-ortho nitro benzene ring substituents is 1. The second kappa shape index (κ2) is 12.2. The van der Waals surface area contributed by atoms with Crippen LogP contribution in [0.5, 0.6) is 11.5 Å². The molecule has 196 valence electrons. The minimum atomic E-state index is -0.457. The number of nitro groups is 1. The number of aryl methyl sites for hydroxylation is 1. The first-order valence-corrected chi connectivity index (χ1v) is 13.1. The van der Waals surface area contributed by atoms with Crippen LogP contribution in [-0.2, 0) is 13.0 Å². The molecule has 0 fully saturated rings. The van der Waals surface area contributed by atoms with E-state index in [0.29, 0.717) is 51.8 Å². The van der Waals surface area contributed by atoms with Gasteiger partial charge in [0.1, 0.15) is 12.4 Å². The van der Waals surface area contributed by atoms with E-state index in [2.05, 4.69) is 26.0 Å². The number of hydrogen-bond acceptors (Lipinski definition) is 7. The fraction of sp³-hybridized carbons (Fsp3) is 0.222. The van der Waals surface area contributed by atoms with E-state index in [1.165, 1.54) is 23.0 Å². The molecule has 0 aliphatic heterocycles. The molecule has 0 aliphatic rings. The number of fused-ring (bicyclic) bond motifs is 1. The highest BCUT2D eigenvalue weighted by Crippen LogP contribution is 2.37. The van der Waals surface area contributed by atoms with Gasteiger partial charge in [-0.3, -0.25) is 14.9 Å². The van der Waals surface area contributed by atoms with Gasteiger partial charge in [-0.1, -0.05) is 34.5 Å². The van der Waals surface area contributed by atoms with Crippen molar-refractivity contribution in [1.82, 2.24) is 9.66 Å². The Labute approximate surface area is 232 Å². The van der Waals surface area contributed by atoms with Crippen molar-refractivity contribution in [2.45, 2.75) is 33.3 Å². The van der Waals surface area contributed by atoms with Crippen molar-refractivity contribution in [3.8, 4) is 11.5 Å². The maximum Gasteiger partial charge on any atom is 0.282 e. The fourth-order valence-corrected chi connectivity index (χ4v) is 4.39. The fourth-order valence-electron chi connectivity index (χ4n) is 3.76. The van der Waals surface area contributed by atoms with E-state index in [4.69, 9.17) is 21.1 Å². The lowest BCUT2D eigenvalue weighted by Crippen LogP contribution is -2.22. The van der Waals surface area contributed by atoms with Crippen molar-refractivity contribution in [3.63, 3.8) is 0 Å². The molecule has 9 nitrogen and oxygen atoms in total. The molecule has 0 saturated heterocycles. The molecule has 0 saturated carbocycles. The largest absolute Gasteiger partial charge is 0.490 e. The molecular formula is C27H24BrClN4O5. The third kappa shape index (κ3) is 6.20. The zero-order valence-corrected chi connectivity index (χ0v) is 23.0. The summed E-state index contributed by atoms with van der Waals surface area (Å²) in [4.78, 5) is 28.3. The molecule has 0 spiro atoms. The van der Waals surface area contributed by atoms with E-state index in [1.54, 1.807) is 36.4 Å². The monoisotopic (exact) mass is 598 g/mol. The summed E-state index contributed by atoms with van der Waals surface area (Å²) >= 11 is 9.96. The van der Waals surface area contributed by atoms with Gasteiger partial charge >= 0.3 is 0 Å². The lowest BCUT2D eigenvalue weighted by Gasteiger charge is -2.14. The maximum absolute atomic E-state index is 13.2. The van der Waals surface area contributed by atoms with Crippen molar-refractivity contribution in [1.29, 1.82) is 0 Å². The standard InChI is InChI=1S/C27H24BrClN4O5/c1-3-5-25-31-23-11-8-19(28)14-21(23)27(34)32(25)30-15-18-12-22(29)26(24(13-18)37-4-2)38-16-17-6-9-20(10-7-17)33(35)36/h6-15H,3-5,16H2,1-2H3. The number of benzene rings is 3. The third-order valence-corrected chi connectivity index (χ3v) is 6.31. The van der Waals surface area contributed by atoms with Crippen LogP contribution in [0, 0.1) is 10.1 Å². The minimum absolute atomic E-state index is 0.000812. The smallest absolute Gasteiger partial charge is 0.282 e. The molecule has 3 aromatic carbocycles. The van der Waals surface area contributed by atoms with Gasteiger partial charge in [-0.2, -0.15) is 9.78 Å². The summed E-state index contributed by atoms with van der Waals surface area (Å²) in [5.41, 5.74) is 1.68. The van der Waals surface area contributed by atoms with Crippen molar-refractivity contribution in [3.05, 3.63) is 102 Å². The SMILES string of the molecule is CCCc1nc2ccc(Br)cc2c(=O)n1N=Cc1cc(Cl)c(OCc2ccc([N+](=O)[O-])cc2)c(OCC)c1. The number of nitrogens with zero attached hydrogens (tertiary/aromatic N) is 4. The zero-order valence-electron chi connectivity index (χ0n) is 20.7. The van der Waals surface area contributed by atoms with Gasteiger partial charge in [0, 0.05) is 23.0 Å². The van der Waals surface area contributed by atoms with Crippen LogP contribution in [0.15, 0.2) is 69.0 Å². The Kier molecular flexibility index (Phi) is 8.75. The molecule has 1 aromatic heterocycles. The Morgan fingerprint density at radius 2 is 1.89 bits per heavy atom. The van der Waals surface area contributed by atoms with Gasteiger partial charge in [0.05, 0.1) is 33.7 Å². The summed E-state index contributed by atoms with van der Waals surface area (Å²) in [5.74, 6) is 1.30. The molecule has 0 amide bonds. The summed E-state index contributed by atoms with van der Waals surface area (Å²) < 4.78 is 13.8. The Morgan fingerprint density at radius 1 is 1.13 bits per heavy atom. The quantitative estimate of drug-likeness (QED) is 0.116. The summed E-state index contributed by atoms with van der Waals surface area (Å²) in [6.45, 7) is 4.35. The third-order valence-electron chi connectivity index (χ3n) is 5.53. The molecule has 0 N–H and O–H groups in total. The second-order valence-corrected chi connectivity index (χ2v) is 9.60. The summed E-state index contributed by atoms with van der Waals surface area (Å²) in [6, 6.07) is 14.8. The highest BCUT2D eigenvalue weighted by atomic mass is 79.9. The van der Waals surface area contributed by atoms with Crippen molar-refractivity contribution in [2.24, 2.45) is 5.10 Å². The van der Waals surface area contributed by atoms with Crippen LogP contribution >= 0.6 is 27.5 Å². The lowest BCUT2D eigenvalue weighted by molar-refractivity contribution is -0.384. The zero-order chi connectivity index (χ0) is 27.2. The molecule has 11 heteroatoms. The Morgan fingerprint density at radius 3 is 2.58 bits per heavy atom. The van der Waals surface area contributed by atoms with Gasteiger partial charge < -0.3 is 9.47 Å². The maximum atomic E-state index is 13.2. The summed E-state index contributed by atoms with van der Waals surface area (Å²) in [7, 11) is 0. The van der Waals surface area contributed by atoms with Gasteiger partial charge in [0.2, 0.25) is 0 Å². The number of rotatable bonds is 10. The van der Waals surface area contributed by atoms with Gasteiger partial charge in [0.15, 0.2) is 11.5 Å². The van der Waals surface area contributed by atoms with E-state index in [9.17, 15) is 14.9 Å². The highest BCUT2D eigenvalue weighted by molar-refractivity contribution is 9.10. The molecule has 4 aromatic rings. The number of halogens is 2. The minimum Gasteiger partial charge on any atom is -0.490 e. The van der Waals surface area contributed by atoms with Crippen LogP contribution < -0.4 is 15.0 Å². The molecular weight excluding hydrogens is 576 g/mol. The number of ether oxygens (including phenoxy) is 2. The average Bonchev–Trinajstić information content (AvgIpc) is 2.89. The van der Waals surface area contributed by atoms with E-state index in [-0.39, 0.29) is 17.9 Å². The first-order valence-electron chi connectivity index (χ1n) is 11.9. The lowest BCUT2D eigenvalue weighted by atomic mass is 10.2. The number of hydrogen-bond donors (Lipinski definition) is 0. The predicted molar refractivity (Wildman–Crippen MR) is 151 cm³/mol. The molecule has 0 radical (unpaired) electrons. The second-order valence-electron chi connectivity index (χ2n) is 8.28. The predicted octanol–water partition coefficient (Wildman–Crippen LogP) is 6.53. The molecule has 4 rings (SSSR count). The summed E-state index contributed by atoms with van der Waals surface area (Å²) in [5, 5.41) is 16.1. The van der Waals surface area contributed by atoms with Crippen LogP contribution in [0.3, 0.4) is 0 Å². The first-order chi connectivity index (χ1) is 18.3. The Bertz CT molecular complexity index is 1570. The van der Waals surface area contributed by atoms with E-state index in [0.717, 1.165) is 16.5 Å². The summed E-state index contributed by atoms with van der Waals surface area (Å²) in [6.07, 6.45) is 2.91. The number of aromatic nitrogens is 2. The van der Waals surface area contributed by atoms with Crippen LogP contribution in [0.25, 0.3) is 10.9 Å². The average molecular weight is 600 g/mol. The van der Waals surface area contributed by atoms with E-state index in [1.807, 2.05) is 19.9 Å². The van der Waals surface area contributed by atoms with Gasteiger partial charge in [-0.25, -0.2) is 4.98 Å². The van der Waals surface area contributed by atoms with Gasteiger partial charge in [-0.05, 0) is 66.9 Å². The normalized spacial score (nSPS) is 11.3. The Hall–Kier alpha value is -3.76. The van der Waals surface area contributed by atoms with Crippen LogP contribution in [0.4, 0.5) is 5.69 Å². The van der Waals surface area contributed by atoms with Crippen molar-refractivity contribution in [2.75, 3.05) is 6.61 Å². The van der Waals surface area contributed by atoms with Gasteiger partial charge in [0.25, 0.3) is 11.2 Å². The number of nitro benzene ring substituents is 1. The van der Waals surface area contributed by atoms with Crippen molar-refractivity contribution < 1.29 is 14.4 Å². The molecule has 0 aliphatic carbocycles. The van der Waals surface area contributed by atoms with Crippen LogP contribution in [-0.4, -0.2) is 27.4 Å². The van der Waals surface area contributed by atoms with E-state index < -0.39 is 4.92 Å².